The molecule has 0 radical (unpaired) electrons. The number of benzene rings is 2. The van der Waals surface area contributed by atoms with E-state index < -0.39 is 11.9 Å². The van der Waals surface area contributed by atoms with E-state index in [9.17, 15) is 4.39 Å². The third-order valence-corrected chi connectivity index (χ3v) is 6.12. The van der Waals surface area contributed by atoms with Crippen LogP contribution < -0.4 is 10.1 Å². The topological polar surface area (TPSA) is 88.6 Å². The molecular weight excluding hydrogens is 479 g/mol. The maximum Gasteiger partial charge on any atom is 0.160 e. The number of halogens is 2. The fourth-order valence-corrected chi connectivity index (χ4v) is 4.23. The van der Waals surface area contributed by atoms with E-state index in [2.05, 4.69) is 37.0 Å². The summed E-state index contributed by atoms with van der Waals surface area (Å²) in [6, 6.07) is 13.6. The van der Waals surface area contributed by atoms with Crippen molar-refractivity contribution in [3.05, 3.63) is 101 Å². The minimum absolute atomic E-state index is 0.310. The standard InChI is InChI=1S/C27H22ClFN6O/c1-15(2)21-12-30-24(20-10-17(28)6-9-23(20)29)11-19(21)25(16-4-7-18(36-3)8-5-16)34-26-22-13-33-35-27(22)32-14-31-26/h4-14,25H,1H2,2-3H3,(H2,31,32,33,34,35). The molecule has 0 saturated carbocycles. The predicted octanol–water partition coefficient (Wildman–Crippen LogP) is 6.45. The summed E-state index contributed by atoms with van der Waals surface area (Å²) in [5, 5.41) is 11.7. The molecule has 1 atom stereocenters. The number of H-pyrrole nitrogens is 1. The van der Waals surface area contributed by atoms with Gasteiger partial charge in [-0.1, -0.05) is 30.3 Å². The van der Waals surface area contributed by atoms with Crippen LogP contribution in [0.4, 0.5) is 10.2 Å². The van der Waals surface area contributed by atoms with Gasteiger partial charge in [-0.2, -0.15) is 5.10 Å². The van der Waals surface area contributed by atoms with Gasteiger partial charge in [0.1, 0.15) is 23.7 Å². The van der Waals surface area contributed by atoms with Crippen LogP contribution in [0.15, 0.2) is 73.8 Å². The summed E-state index contributed by atoms with van der Waals surface area (Å²) in [4.78, 5) is 13.2. The lowest BCUT2D eigenvalue weighted by atomic mass is 9.91. The van der Waals surface area contributed by atoms with Gasteiger partial charge in [-0.15, -0.1) is 0 Å². The predicted molar refractivity (Wildman–Crippen MR) is 139 cm³/mol. The van der Waals surface area contributed by atoms with Gasteiger partial charge in [0.15, 0.2) is 5.65 Å². The fraction of sp³-hybridized carbons (Fsp3) is 0.111. The van der Waals surface area contributed by atoms with Gasteiger partial charge in [0.2, 0.25) is 0 Å². The van der Waals surface area contributed by atoms with Crippen LogP contribution in [0.2, 0.25) is 5.02 Å². The molecule has 0 bridgehead atoms. The summed E-state index contributed by atoms with van der Waals surface area (Å²) < 4.78 is 20.1. The molecule has 0 spiro atoms. The van der Waals surface area contributed by atoms with Crippen LogP contribution in [0.1, 0.15) is 29.7 Å². The number of nitrogens with zero attached hydrogens (tertiary/aromatic N) is 4. The molecule has 36 heavy (non-hydrogen) atoms. The van der Waals surface area contributed by atoms with Crippen molar-refractivity contribution in [3.8, 4) is 17.0 Å². The smallest absolute Gasteiger partial charge is 0.160 e. The lowest BCUT2D eigenvalue weighted by Gasteiger charge is -2.24. The molecule has 0 aliphatic rings. The van der Waals surface area contributed by atoms with Crippen molar-refractivity contribution in [2.24, 2.45) is 0 Å². The first-order valence-corrected chi connectivity index (χ1v) is 11.5. The van der Waals surface area contributed by atoms with E-state index in [1.807, 2.05) is 37.3 Å². The highest BCUT2D eigenvalue weighted by Crippen LogP contribution is 2.36. The zero-order valence-corrected chi connectivity index (χ0v) is 20.3. The molecule has 5 aromatic rings. The Morgan fingerprint density at radius 2 is 1.89 bits per heavy atom. The van der Waals surface area contributed by atoms with Crippen LogP contribution in [0, 0.1) is 5.82 Å². The van der Waals surface area contributed by atoms with Crippen LogP contribution >= 0.6 is 11.6 Å². The Morgan fingerprint density at radius 1 is 1.08 bits per heavy atom. The molecule has 9 heteroatoms. The SMILES string of the molecule is C=C(C)c1cnc(-c2cc(Cl)ccc2F)cc1C(Nc1ncnc2[nH]ncc12)c1ccc(OC)cc1. The quantitative estimate of drug-likeness (QED) is 0.267. The van der Waals surface area contributed by atoms with Gasteiger partial charge in [-0.05, 0) is 60.0 Å². The molecule has 1 unspecified atom stereocenters. The summed E-state index contributed by atoms with van der Waals surface area (Å²) in [6.45, 7) is 6.06. The van der Waals surface area contributed by atoms with E-state index in [1.165, 1.54) is 18.5 Å². The molecular formula is C27H22ClFN6O. The van der Waals surface area contributed by atoms with Gasteiger partial charge in [0.05, 0.1) is 30.4 Å². The minimum Gasteiger partial charge on any atom is -0.497 e. The maximum atomic E-state index is 14.8. The zero-order chi connectivity index (χ0) is 25.2. The Kier molecular flexibility index (Phi) is 6.35. The second-order valence-corrected chi connectivity index (χ2v) is 8.70. The number of aromatic nitrogens is 5. The average molecular weight is 501 g/mol. The van der Waals surface area contributed by atoms with E-state index in [1.54, 1.807) is 25.6 Å². The number of ether oxygens (including phenoxy) is 1. The van der Waals surface area contributed by atoms with Crippen molar-refractivity contribution < 1.29 is 9.13 Å². The number of nitrogens with one attached hydrogen (secondary N) is 2. The molecule has 0 fully saturated rings. The maximum absolute atomic E-state index is 14.8. The van der Waals surface area contributed by atoms with Crippen LogP contribution in [-0.2, 0) is 0 Å². The average Bonchev–Trinajstić information content (AvgIpc) is 3.38. The molecule has 2 N–H and O–H groups in total. The number of rotatable bonds is 7. The Morgan fingerprint density at radius 3 is 2.64 bits per heavy atom. The number of pyridine rings is 1. The third kappa shape index (κ3) is 4.50. The van der Waals surface area contributed by atoms with Crippen molar-refractivity contribution in [2.45, 2.75) is 13.0 Å². The zero-order valence-electron chi connectivity index (χ0n) is 19.6. The van der Waals surface area contributed by atoms with E-state index in [0.29, 0.717) is 27.7 Å². The number of allylic oxidation sites excluding steroid dienone is 1. The molecule has 0 aliphatic carbocycles. The first-order chi connectivity index (χ1) is 17.4. The van der Waals surface area contributed by atoms with Crippen LogP contribution in [0.5, 0.6) is 5.75 Å². The number of fused-ring (bicyclic) bond motifs is 1. The minimum atomic E-state index is -0.411. The number of aromatic amines is 1. The third-order valence-electron chi connectivity index (χ3n) is 5.89. The van der Waals surface area contributed by atoms with Crippen molar-refractivity contribution in [1.82, 2.24) is 25.1 Å². The van der Waals surface area contributed by atoms with Gasteiger partial charge in [0.25, 0.3) is 0 Å². The van der Waals surface area contributed by atoms with E-state index in [0.717, 1.165) is 33.4 Å². The summed E-state index contributed by atoms with van der Waals surface area (Å²) in [5.41, 5.74) is 4.78. The van der Waals surface area contributed by atoms with Crippen LogP contribution in [-0.4, -0.2) is 32.3 Å². The first kappa shape index (κ1) is 23.4. The summed E-state index contributed by atoms with van der Waals surface area (Å²) >= 11 is 6.17. The first-order valence-electron chi connectivity index (χ1n) is 11.1. The number of methoxy groups -OCH3 is 1. The lowest BCUT2D eigenvalue weighted by molar-refractivity contribution is 0.414. The van der Waals surface area contributed by atoms with E-state index in [4.69, 9.17) is 16.3 Å². The highest BCUT2D eigenvalue weighted by Gasteiger charge is 2.22. The summed E-state index contributed by atoms with van der Waals surface area (Å²) in [5.74, 6) is 0.911. The molecule has 3 aromatic heterocycles. The van der Waals surface area contributed by atoms with Gasteiger partial charge >= 0.3 is 0 Å². The Hall–Kier alpha value is -4.30. The highest BCUT2D eigenvalue weighted by atomic mass is 35.5. The molecule has 7 nitrogen and oxygen atoms in total. The Bertz CT molecular complexity index is 1570. The van der Waals surface area contributed by atoms with Crippen molar-refractivity contribution in [3.63, 3.8) is 0 Å². The molecule has 180 valence electrons. The van der Waals surface area contributed by atoms with E-state index in [-0.39, 0.29) is 0 Å². The lowest BCUT2D eigenvalue weighted by Crippen LogP contribution is -2.16. The van der Waals surface area contributed by atoms with Gasteiger partial charge in [0, 0.05) is 22.3 Å². The summed E-state index contributed by atoms with van der Waals surface area (Å²) in [7, 11) is 1.62. The van der Waals surface area contributed by atoms with Crippen molar-refractivity contribution >= 4 is 34.0 Å². The monoisotopic (exact) mass is 500 g/mol. The van der Waals surface area contributed by atoms with Crippen molar-refractivity contribution in [1.29, 1.82) is 0 Å². The molecule has 0 saturated heterocycles. The normalized spacial score (nSPS) is 11.9. The van der Waals surface area contributed by atoms with Crippen LogP contribution in [0.3, 0.4) is 0 Å². The van der Waals surface area contributed by atoms with Gasteiger partial charge in [-0.25, -0.2) is 14.4 Å². The fourth-order valence-electron chi connectivity index (χ4n) is 4.06. The molecule has 3 heterocycles. The van der Waals surface area contributed by atoms with Crippen LogP contribution in [0.25, 0.3) is 27.9 Å². The van der Waals surface area contributed by atoms with Gasteiger partial charge < -0.3 is 10.1 Å². The molecule has 5 rings (SSSR count). The Labute approximate surface area is 212 Å². The summed E-state index contributed by atoms with van der Waals surface area (Å²) in [6.07, 6.45) is 4.84. The number of hydrogen-bond donors (Lipinski definition) is 2. The molecule has 2 aromatic carbocycles. The Balaban J connectivity index is 1.71. The number of anilines is 1. The van der Waals surface area contributed by atoms with E-state index >= 15 is 0 Å². The second kappa shape index (κ2) is 9.75. The largest absolute Gasteiger partial charge is 0.497 e. The molecule has 0 amide bonds. The van der Waals surface area contributed by atoms with Gasteiger partial charge in [-0.3, -0.25) is 10.1 Å². The second-order valence-electron chi connectivity index (χ2n) is 8.27. The molecule has 0 aliphatic heterocycles. The highest BCUT2D eigenvalue weighted by molar-refractivity contribution is 6.30. The number of hydrogen-bond acceptors (Lipinski definition) is 6. The van der Waals surface area contributed by atoms with Crippen molar-refractivity contribution in [2.75, 3.05) is 12.4 Å².